The molecular formula is C17H21NO4S2. The number of nitrogens with one attached hydrogen (secondary N) is 1. The molecule has 2 rings (SSSR count). The number of benzene rings is 2. The molecule has 0 fully saturated rings. The molecular weight excluding hydrogens is 346 g/mol. The average molecular weight is 367 g/mol. The molecule has 0 saturated heterocycles. The summed E-state index contributed by atoms with van der Waals surface area (Å²) in [5.74, 6) is 0.0719. The molecule has 0 aliphatic heterocycles. The van der Waals surface area contributed by atoms with Gasteiger partial charge in [-0.1, -0.05) is 42.8 Å². The van der Waals surface area contributed by atoms with Crippen LogP contribution in [0, 0.1) is 0 Å². The van der Waals surface area contributed by atoms with E-state index in [4.69, 9.17) is 0 Å². The third-order valence-electron chi connectivity index (χ3n) is 3.54. The lowest BCUT2D eigenvalue weighted by Gasteiger charge is -2.07. The Hall–Kier alpha value is -1.70. The predicted molar refractivity (Wildman–Crippen MR) is 94.0 cm³/mol. The molecule has 7 heteroatoms. The molecule has 5 nitrogen and oxygen atoms in total. The Morgan fingerprint density at radius 2 is 1.21 bits per heavy atom. The molecule has 2 aromatic rings. The Morgan fingerprint density at radius 3 is 1.79 bits per heavy atom. The first kappa shape index (κ1) is 18.6. The summed E-state index contributed by atoms with van der Waals surface area (Å²) in [6.45, 7) is 0.294. The van der Waals surface area contributed by atoms with E-state index in [1.165, 1.54) is 12.1 Å². The quantitative estimate of drug-likeness (QED) is 0.691. The highest BCUT2D eigenvalue weighted by molar-refractivity contribution is 7.91. The van der Waals surface area contributed by atoms with Gasteiger partial charge < -0.3 is 0 Å². The SMILES string of the molecule is O=S(=O)(CCCCCNS(=O)(=O)c1ccccc1)c1ccccc1. The largest absolute Gasteiger partial charge is 0.240 e. The lowest BCUT2D eigenvalue weighted by Crippen LogP contribution is -2.24. The van der Waals surface area contributed by atoms with Gasteiger partial charge in [0.2, 0.25) is 10.0 Å². The zero-order chi connectivity index (χ0) is 17.5. The highest BCUT2D eigenvalue weighted by Crippen LogP contribution is 2.12. The summed E-state index contributed by atoms with van der Waals surface area (Å²) in [7, 11) is -6.74. The van der Waals surface area contributed by atoms with Gasteiger partial charge in [0.05, 0.1) is 15.5 Å². The fraction of sp³-hybridized carbons (Fsp3) is 0.294. The van der Waals surface area contributed by atoms with Crippen LogP contribution in [0.3, 0.4) is 0 Å². The molecule has 1 N–H and O–H groups in total. The van der Waals surface area contributed by atoms with E-state index in [1.54, 1.807) is 48.5 Å². The van der Waals surface area contributed by atoms with Crippen molar-refractivity contribution in [1.29, 1.82) is 0 Å². The second-order valence-electron chi connectivity index (χ2n) is 5.40. The van der Waals surface area contributed by atoms with Gasteiger partial charge in [-0.25, -0.2) is 21.6 Å². The molecule has 0 aromatic heterocycles. The third-order valence-corrected chi connectivity index (χ3v) is 6.83. The van der Waals surface area contributed by atoms with E-state index in [9.17, 15) is 16.8 Å². The fourth-order valence-corrected chi connectivity index (χ4v) is 4.72. The van der Waals surface area contributed by atoms with Gasteiger partial charge in [0.25, 0.3) is 0 Å². The summed E-state index contributed by atoms with van der Waals surface area (Å²) in [6, 6.07) is 16.5. The first-order valence-corrected chi connectivity index (χ1v) is 10.9. The normalized spacial score (nSPS) is 12.2. The number of hydrogen-bond donors (Lipinski definition) is 1. The third kappa shape index (κ3) is 5.43. The van der Waals surface area contributed by atoms with E-state index in [0.29, 0.717) is 30.7 Å². The van der Waals surface area contributed by atoms with Crippen LogP contribution in [-0.2, 0) is 19.9 Å². The van der Waals surface area contributed by atoms with Crippen LogP contribution in [0.4, 0.5) is 0 Å². The van der Waals surface area contributed by atoms with Crippen molar-refractivity contribution in [3.63, 3.8) is 0 Å². The van der Waals surface area contributed by atoms with E-state index < -0.39 is 19.9 Å². The Balaban J connectivity index is 1.72. The van der Waals surface area contributed by atoms with Crippen molar-refractivity contribution < 1.29 is 16.8 Å². The molecule has 0 saturated carbocycles. The van der Waals surface area contributed by atoms with Crippen LogP contribution in [0.15, 0.2) is 70.5 Å². The maximum Gasteiger partial charge on any atom is 0.240 e. The average Bonchev–Trinajstić information content (AvgIpc) is 2.59. The van der Waals surface area contributed by atoms with Gasteiger partial charge in [-0.3, -0.25) is 0 Å². The molecule has 0 heterocycles. The van der Waals surface area contributed by atoms with Gasteiger partial charge in [-0.15, -0.1) is 0 Å². The van der Waals surface area contributed by atoms with Crippen LogP contribution >= 0.6 is 0 Å². The highest BCUT2D eigenvalue weighted by Gasteiger charge is 2.14. The van der Waals surface area contributed by atoms with Crippen LogP contribution in [0.1, 0.15) is 19.3 Å². The number of sulfone groups is 1. The van der Waals surface area contributed by atoms with Gasteiger partial charge >= 0.3 is 0 Å². The van der Waals surface area contributed by atoms with Crippen LogP contribution in [-0.4, -0.2) is 29.1 Å². The summed E-state index contributed by atoms with van der Waals surface area (Å²) < 4.78 is 50.7. The minimum Gasteiger partial charge on any atom is -0.224 e. The Bertz CT molecular complexity index is 759. The van der Waals surface area contributed by atoms with Crippen LogP contribution in [0.5, 0.6) is 0 Å². The Morgan fingerprint density at radius 1 is 0.667 bits per heavy atom. The van der Waals surface area contributed by atoms with Crippen molar-refractivity contribution in [3.05, 3.63) is 60.7 Å². The molecule has 0 spiro atoms. The van der Waals surface area contributed by atoms with Crippen molar-refractivity contribution >= 4 is 19.9 Å². The molecule has 130 valence electrons. The highest BCUT2D eigenvalue weighted by atomic mass is 32.2. The molecule has 24 heavy (non-hydrogen) atoms. The van der Waals surface area contributed by atoms with Crippen molar-refractivity contribution in [2.24, 2.45) is 0 Å². The number of unbranched alkanes of at least 4 members (excludes halogenated alkanes) is 2. The maximum absolute atomic E-state index is 12.1. The van der Waals surface area contributed by atoms with Gasteiger partial charge in [0, 0.05) is 6.54 Å². The summed E-state index contributed by atoms with van der Waals surface area (Å²) in [4.78, 5) is 0.562. The van der Waals surface area contributed by atoms with Crippen molar-refractivity contribution in [2.75, 3.05) is 12.3 Å². The lowest BCUT2D eigenvalue weighted by atomic mass is 10.2. The zero-order valence-corrected chi connectivity index (χ0v) is 14.9. The molecule has 0 radical (unpaired) electrons. The second-order valence-corrected chi connectivity index (χ2v) is 9.28. The molecule has 0 atom stereocenters. The first-order valence-electron chi connectivity index (χ1n) is 7.74. The number of sulfonamides is 1. The van der Waals surface area contributed by atoms with E-state index in [1.807, 2.05) is 0 Å². The van der Waals surface area contributed by atoms with Crippen LogP contribution < -0.4 is 4.72 Å². The summed E-state index contributed by atoms with van der Waals surface area (Å²) in [5, 5.41) is 0. The van der Waals surface area contributed by atoms with Gasteiger partial charge in [-0.2, -0.15) is 0 Å². The number of hydrogen-bond acceptors (Lipinski definition) is 4. The van der Waals surface area contributed by atoms with Crippen LogP contribution in [0.2, 0.25) is 0 Å². The first-order chi connectivity index (χ1) is 11.4. The van der Waals surface area contributed by atoms with Gasteiger partial charge in [0.15, 0.2) is 9.84 Å². The lowest BCUT2D eigenvalue weighted by molar-refractivity contribution is 0.572. The Kier molecular flexibility index (Phi) is 6.53. The standard InChI is InChI=1S/C17H21NO4S2/c19-23(20,16-10-4-1-5-11-16)15-9-3-8-14-18-24(21,22)17-12-6-2-7-13-17/h1-2,4-7,10-13,18H,3,8-9,14-15H2. The van der Waals surface area contributed by atoms with Crippen molar-refractivity contribution in [1.82, 2.24) is 4.72 Å². The van der Waals surface area contributed by atoms with E-state index in [2.05, 4.69) is 4.72 Å². The Labute approximate surface area is 143 Å². The summed E-state index contributed by atoms with van der Waals surface area (Å²) in [6.07, 6.45) is 1.74. The monoisotopic (exact) mass is 367 g/mol. The molecule has 0 amide bonds. The van der Waals surface area contributed by atoms with Crippen LogP contribution in [0.25, 0.3) is 0 Å². The molecule has 0 aliphatic rings. The molecule has 0 unspecified atom stereocenters. The molecule has 0 bridgehead atoms. The topological polar surface area (TPSA) is 80.3 Å². The number of rotatable bonds is 9. The van der Waals surface area contributed by atoms with Gasteiger partial charge in [0.1, 0.15) is 0 Å². The fourth-order valence-electron chi connectivity index (χ4n) is 2.23. The van der Waals surface area contributed by atoms with E-state index in [0.717, 1.165) is 0 Å². The minimum absolute atomic E-state index is 0.0719. The second kappa shape index (κ2) is 8.41. The minimum atomic E-state index is -3.49. The predicted octanol–water partition coefficient (Wildman–Crippen LogP) is 2.61. The maximum atomic E-state index is 12.1. The molecule has 0 aliphatic carbocycles. The van der Waals surface area contributed by atoms with Gasteiger partial charge in [-0.05, 0) is 37.1 Å². The summed E-state index contributed by atoms with van der Waals surface area (Å²) >= 11 is 0. The molecule has 2 aromatic carbocycles. The smallest absolute Gasteiger partial charge is 0.224 e. The summed E-state index contributed by atoms with van der Waals surface area (Å²) in [5.41, 5.74) is 0. The zero-order valence-electron chi connectivity index (χ0n) is 13.3. The van der Waals surface area contributed by atoms with Crippen molar-refractivity contribution in [2.45, 2.75) is 29.1 Å². The van der Waals surface area contributed by atoms with E-state index >= 15 is 0 Å². The van der Waals surface area contributed by atoms with Crippen molar-refractivity contribution in [3.8, 4) is 0 Å². The van der Waals surface area contributed by atoms with E-state index in [-0.39, 0.29) is 10.6 Å².